The van der Waals surface area contributed by atoms with Crippen LogP contribution < -0.4 is 28.4 Å². The van der Waals surface area contributed by atoms with Crippen LogP contribution in [0.1, 0.15) is 0 Å². The topological polar surface area (TPSA) is 59.6 Å². The summed E-state index contributed by atoms with van der Waals surface area (Å²) in [6.45, 7) is 4.25. The van der Waals surface area contributed by atoms with Gasteiger partial charge in [-0.25, -0.2) is 0 Å². The maximum atomic E-state index is 10.3. The van der Waals surface area contributed by atoms with E-state index in [2.05, 4.69) is 33.0 Å². The molecule has 0 aromatic rings. The summed E-state index contributed by atoms with van der Waals surface area (Å²) < 4.78 is 0. The summed E-state index contributed by atoms with van der Waals surface area (Å²) in [6, 6.07) is 0. The predicted molar refractivity (Wildman–Crippen MR) is 51.0 cm³/mol. The van der Waals surface area contributed by atoms with Crippen molar-refractivity contribution in [2.24, 2.45) is 5.73 Å². The lowest BCUT2D eigenvalue weighted by Crippen LogP contribution is -3.02. The molecule has 0 atom stereocenters. The van der Waals surface area contributed by atoms with Crippen molar-refractivity contribution in [1.82, 2.24) is 5.32 Å². The molecule has 80 valence electrons. The van der Waals surface area contributed by atoms with Crippen LogP contribution in [0.3, 0.4) is 0 Å². The lowest BCUT2D eigenvalue weighted by molar-refractivity contribution is -0.836. The van der Waals surface area contributed by atoms with E-state index in [1.54, 1.807) is 0 Å². The molecule has 0 aliphatic carbocycles. The smallest absolute Gasteiger partial charge is 0.243 e. The highest BCUT2D eigenvalue weighted by Crippen LogP contribution is 1.61. The van der Waals surface area contributed by atoms with E-state index in [0.717, 1.165) is 0 Å². The molecule has 0 rings (SSSR count). The molecule has 0 saturated carbocycles. The average molecular weight is 210 g/mol. The zero-order valence-corrected chi connectivity index (χ0v) is 9.32. The molecule has 0 radical (unpaired) electrons. The van der Waals surface area contributed by atoms with Crippen LogP contribution in [0, 0.1) is 0 Å². The van der Waals surface area contributed by atoms with Crippen LogP contribution in [0.25, 0.3) is 0 Å². The molecule has 1 amide bonds. The Balaban J connectivity index is -0.000000173. The van der Waals surface area contributed by atoms with E-state index in [0.29, 0.717) is 13.1 Å². The lowest BCUT2D eigenvalue weighted by atomic mass is 10.5. The number of quaternary nitrogens is 1. The summed E-state index contributed by atoms with van der Waals surface area (Å²) in [5.74, 6) is -0.171. The molecule has 4 N–H and O–H groups in total. The molecule has 0 unspecified atom stereocenters. The summed E-state index contributed by atoms with van der Waals surface area (Å²) in [5.41, 5.74) is 5.08. The van der Waals surface area contributed by atoms with Gasteiger partial charge in [-0.3, -0.25) is 4.79 Å². The molecule has 5 heteroatoms. The third kappa shape index (κ3) is 34.5. The van der Waals surface area contributed by atoms with E-state index < -0.39 is 0 Å². The van der Waals surface area contributed by atoms with Crippen LogP contribution in [-0.4, -0.2) is 40.1 Å². The molecule has 4 nitrogen and oxygen atoms in total. The van der Waals surface area contributed by atoms with Gasteiger partial charge in [-0.2, -0.15) is 0 Å². The molecule has 0 aliphatic heterocycles. The van der Waals surface area contributed by atoms with Gasteiger partial charge < -0.3 is 28.4 Å². The first-order valence-electron chi connectivity index (χ1n) is 3.91. The van der Waals surface area contributed by atoms with E-state index in [-0.39, 0.29) is 18.3 Å². The second-order valence-electron chi connectivity index (χ2n) is 2.78. The molecule has 0 spiro atoms. The van der Waals surface area contributed by atoms with E-state index in [1.807, 2.05) is 0 Å². The molecule has 0 saturated heterocycles. The van der Waals surface area contributed by atoms with Gasteiger partial charge in [-0.05, 0) is 6.08 Å². The van der Waals surface area contributed by atoms with Gasteiger partial charge in [0.15, 0.2) is 0 Å². The Morgan fingerprint density at radius 2 is 1.92 bits per heavy atom. The Hall–Kier alpha value is -0.580. The van der Waals surface area contributed by atoms with E-state index in [1.165, 1.54) is 11.0 Å². The summed E-state index contributed by atoms with van der Waals surface area (Å²) in [4.78, 5) is 11.7. The number of rotatable bonds is 3. The minimum atomic E-state index is -0.171. The fraction of sp³-hybridized carbons (Fsp3) is 0.625. The maximum Gasteiger partial charge on any atom is 0.243 e. The van der Waals surface area contributed by atoms with Gasteiger partial charge in [-0.15, -0.1) is 0 Å². The molecular formula is C8H20ClN3O. The summed E-state index contributed by atoms with van der Waals surface area (Å²) >= 11 is 0. The third-order valence-corrected chi connectivity index (χ3v) is 0.629. The quantitative estimate of drug-likeness (QED) is 0.408. The van der Waals surface area contributed by atoms with Gasteiger partial charge >= 0.3 is 0 Å². The fourth-order valence-electron chi connectivity index (χ4n) is 0.268. The largest absolute Gasteiger partial charge is 1.00 e. The first-order valence-corrected chi connectivity index (χ1v) is 3.91. The highest BCUT2D eigenvalue weighted by Gasteiger charge is 1.86. The highest BCUT2D eigenvalue weighted by atomic mass is 35.5. The molecule has 0 aliphatic rings. The van der Waals surface area contributed by atoms with Crippen LogP contribution in [0.2, 0.25) is 0 Å². The van der Waals surface area contributed by atoms with Crippen molar-refractivity contribution in [2.75, 3.05) is 34.2 Å². The predicted octanol–water partition coefficient (Wildman–Crippen LogP) is -4.99. The number of hydrogen-bond acceptors (Lipinski definition) is 2. The minimum absolute atomic E-state index is 0. The molecule has 0 heterocycles. The molecule has 13 heavy (non-hydrogen) atoms. The van der Waals surface area contributed by atoms with Gasteiger partial charge in [0.05, 0.1) is 21.1 Å². The SMILES string of the molecule is C=CC(=O)NCCN.C[NH+](C)C.[Cl-]. The average Bonchev–Trinajstić information content (AvgIpc) is 1.99. The van der Waals surface area contributed by atoms with E-state index >= 15 is 0 Å². The fourth-order valence-corrected chi connectivity index (χ4v) is 0.268. The third-order valence-electron chi connectivity index (χ3n) is 0.629. The molecular weight excluding hydrogens is 190 g/mol. The van der Waals surface area contributed by atoms with Crippen molar-refractivity contribution >= 4 is 5.91 Å². The number of nitrogens with two attached hydrogens (primary N) is 1. The Morgan fingerprint density at radius 1 is 1.54 bits per heavy atom. The standard InChI is InChI=1S/C5H10N2O.C3H9N.ClH/c1-2-5(8)7-4-3-6;1-4(2)3;/h2H,1,3-4,6H2,(H,7,8);1-3H3;1H. The molecule has 0 bridgehead atoms. The Labute approximate surface area is 86.6 Å². The summed E-state index contributed by atoms with van der Waals surface area (Å²) in [5, 5.41) is 2.50. The number of nitrogens with one attached hydrogen (secondary N) is 2. The first-order chi connectivity index (χ1) is 5.54. The van der Waals surface area contributed by atoms with Gasteiger partial charge in [0, 0.05) is 13.1 Å². The van der Waals surface area contributed by atoms with Gasteiger partial charge in [0.25, 0.3) is 0 Å². The van der Waals surface area contributed by atoms with E-state index in [9.17, 15) is 4.79 Å². The Kier molecular flexibility index (Phi) is 19.6. The van der Waals surface area contributed by atoms with Crippen molar-refractivity contribution in [3.05, 3.63) is 12.7 Å². The van der Waals surface area contributed by atoms with E-state index in [4.69, 9.17) is 5.73 Å². The van der Waals surface area contributed by atoms with Crippen molar-refractivity contribution in [3.63, 3.8) is 0 Å². The first kappa shape index (κ1) is 18.3. The van der Waals surface area contributed by atoms with Crippen LogP contribution in [0.4, 0.5) is 0 Å². The number of carbonyl (C=O) groups is 1. The monoisotopic (exact) mass is 209 g/mol. The maximum absolute atomic E-state index is 10.3. The Morgan fingerprint density at radius 3 is 2.15 bits per heavy atom. The van der Waals surface area contributed by atoms with Crippen molar-refractivity contribution < 1.29 is 22.1 Å². The van der Waals surface area contributed by atoms with Crippen molar-refractivity contribution in [1.29, 1.82) is 0 Å². The van der Waals surface area contributed by atoms with Crippen LogP contribution in [0.15, 0.2) is 12.7 Å². The van der Waals surface area contributed by atoms with Crippen molar-refractivity contribution in [3.8, 4) is 0 Å². The minimum Gasteiger partial charge on any atom is -1.00 e. The second kappa shape index (κ2) is 14.0. The molecule has 0 aromatic carbocycles. The zero-order valence-electron chi connectivity index (χ0n) is 8.56. The van der Waals surface area contributed by atoms with Gasteiger partial charge in [0.1, 0.15) is 0 Å². The van der Waals surface area contributed by atoms with Gasteiger partial charge in [-0.1, -0.05) is 6.58 Å². The van der Waals surface area contributed by atoms with Crippen LogP contribution in [-0.2, 0) is 4.79 Å². The van der Waals surface area contributed by atoms with Crippen LogP contribution in [0.5, 0.6) is 0 Å². The summed E-state index contributed by atoms with van der Waals surface area (Å²) in [6.07, 6.45) is 1.22. The van der Waals surface area contributed by atoms with Gasteiger partial charge in [0.2, 0.25) is 5.91 Å². The number of amides is 1. The second-order valence-corrected chi connectivity index (χ2v) is 2.78. The summed E-state index contributed by atoms with van der Waals surface area (Å²) in [7, 11) is 6.25. The lowest BCUT2D eigenvalue weighted by Gasteiger charge is -1.94. The normalized spacial score (nSPS) is 7.77. The van der Waals surface area contributed by atoms with Crippen LogP contribution >= 0.6 is 0 Å². The number of carbonyl (C=O) groups excluding carboxylic acids is 1. The highest BCUT2D eigenvalue weighted by molar-refractivity contribution is 5.86. The zero-order chi connectivity index (χ0) is 9.98. The van der Waals surface area contributed by atoms with Crippen molar-refractivity contribution in [2.45, 2.75) is 0 Å². The Bertz CT molecular complexity index is 126. The molecule has 0 fully saturated rings. The number of hydrogen-bond donors (Lipinski definition) is 3. The number of halogens is 1. The molecule has 0 aromatic heterocycles.